The van der Waals surface area contributed by atoms with E-state index < -0.39 is 0 Å². The summed E-state index contributed by atoms with van der Waals surface area (Å²) in [6.07, 6.45) is 1.66. The number of rotatable bonds is 3. The van der Waals surface area contributed by atoms with Gasteiger partial charge in [0.15, 0.2) is 0 Å². The predicted octanol–water partition coefficient (Wildman–Crippen LogP) is 1.52. The average molecular weight is 211 g/mol. The molecule has 0 aliphatic rings. The molecule has 1 aromatic carbocycles. The first-order valence-electron chi connectivity index (χ1n) is 4.01. The second-order valence-corrected chi connectivity index (χ2v) is 3.25. The third kappa shape index (κ3) is 2.57. The van der Waals surface area contributed by atoms with Crippen LogP contribution in [0.4, 0.5) is 0 Å². The van der Waals surface area contributed by atoms with Gasteiger partial charge in [0.05, 0.1) is 6.54 Å². The third-order valence-corrected chi connectivity index (χ3v) is 1.99. The number of likely N-dealkylation sites (N-methyl/N-ethyl adjacent to an activating group) is 1. The molecule has 0 N–H and O–H groups in total. The van der Waals surface area contributed by atoms with Crippen molar-refractivity contribution >= 4 is 23.8 Å². The summed E-state index contributed by atoms with van der Waals surface area (Å²) in [5, 5.41) is 0.575. The number of nitrogens with zero attached hydrogens (tertiary/aromatic N) is 1. The van der Waals surface area contributed by atoms with E-state index in [1.54, 1.807) is 37.6 Å². The quantitative estimate of drug-likeness (QED) is 0.759. The molecule has 1 amide bonds. The minimum Gasteiger partial charge on any atom is -0.334 e. The summed E-state index contributed by atoms with van der Waals surface area (Å²) >= 11 is 5.67. The predicted molar refractivity (Wildman–Crippen MR) is 54.1 cm³/mol. The molecule has 0 saturated heterocycles. The van der Waals surface area contributed by atoms with Crippen molar-refractivity contribution in [1.82, 2.24) is 4.90 Å². The molecule has 0 bridgehead atoms. The first-order valence-corrected chi connectivity index (χ1v) is 4.39. The van der Waals surface area contributed by atoms with Crippen LogP contribution in [0.3, 0.4) is 0 Å². The lowest BCUT2D eigenvalue weighted by Crippen LogP contribution is -2.28. The van der Waals surface area contributed by atoms with Crippen LogP contribution >= 0.6 is 11.6 Å². The molecule has 0 unspecified atom stereocenters. The van der Waals surface area contributed by atoms with Gasteiger partial charge in [-0.05, 0) is 24.3 Å². The van der Waals surface area contributed by atoms with Crippen LogP contribution in [0.25, 0.3) is 0 Å². The molecule has 0 aromatic heterocycles. The van der Waals surface area contributed by atoms with Crippen molar-refractivity contribution < 1.29 is 9.59 Å². The Labute approximate surface area is 87.3 Å². The molecule has 0 saturated carbocycles. The zero-order valence-electron chi connectivity index (χ0n) is 7.66. The second-order valence-electron chi connectivity index (χ2n) is 2.81. The van der Waals surface area contributed by atoms with E-state index in [9.17, 15) is 9.59 Å². The van der Waals surface area contributed by atoms with Gasteiger partial charge in [-0.3, -0.25) is 9.59 Å². The molecular weight excluding hydrogens is 202 g/mol. The largest absolute Gasteiger partial charge is 0.334 e. The van der Waals surface area contributed by atoms with E-state index in [0.29, 0.717) is 10.6 Å². The van der Waals surface area contributed by atoms with Crippen molar-refractivity contribution in [3.05, 3.63) is 34.9 Å². The van der Waals surface area contributed by atoms with Crippen molar-refractivity contribution in [2.24, 2.45) is 0 Å². The van der Waals surface area contributed by atoms with Gasteiger partial charge >= 0.3 is 0 Å². The first kappa shape index (κ1) is 10.7. The van der Waals surface area contributed by atoms with Crippen molar-refractivity contribution in [2.45, 2.75) is 0 Å². The van der Waals surface area contributed by atoms with Crippen LogP contribution in [0.2, 0.25) is 5.02 Å². The molecule has 3 nitrogen and oxygen atoms in total. The Bertz CT molecular complexity index is 334. The molecule has 1 rings (SSSR count). The molecular formula is C10H9ClNO2. The summed E-state index contributed by atoms with van der Waals surface area (Å²) in [6.45, 7) is -0.0263. The zero-order valence-corrected chi connectivity index (χ0v) is 8.41. The number of halogens is 1. The maximum atomic E-state index is 11.5. The highest BCUT2D eigenvalue weighted by Crippen LogP contribution is 2.10. The lowest BCUT2D eigenvalue weighted by atomic mass is 10.2. The Balaban J connectivity index is 2.78. The minimum atomic E-state index is -0.218. The smallest absolute Gasteiger partial charge is 0.254 e. The topological polar surface area (TPSA) is 37.4 Å². The van der Waals surface area contributed by atoms with Crippen LogP contribution in [0, 0.1) is 0 Å². The number of amides is 1. The van der Waals surface area contributed by atoms with E-state index in [4.69, 9.17) is 11.6 Å². The van der Waals surface area contributed by atoms with Crippen LogP contribution in [-0.2, 0) is 4.79 Å². The third-order valence-electron chi connectivity index (χ3n) is 1.74. The molecule has 0 spiro atoms. The Kier molecular flexibility index (Phi) is 3.65. The average Bonchev–Trinajstić information content (AvgIpc) is 2.18. The van der Waals surface area contributed by atoms with Crippen LogP contribution in [-0.4, -0.2) is 30.7 Å². The lowest BCUT2D eigenvalue weighted by Gasteiger charge is -2.12. The second kappa shape index (κ2) is 4.77. The molecule has 0 heterocycles. The summed E-state index contributed by atoms with van der Waals surface area (Å²) in [5.41, 5.74) is 0.507. The van der Waals surface area contributed by atoms with E-state index in [-0.39, 0.29) is 12.5 Å². The number of hydrogen-bond donors (Lipinski definition) is 0. The number of hydrogen-bond acceptors (Lipinski definition) is 2. The van der Waals surface area contributed by atoms with Gasteiger partial charge in [-0.15, -0.1) is 0 Å². The maximum Gasteiger partial charge on any atom is 0.254 e. The minimum absolute atomic E-state index is 0.0263. The summed E-state index contributed by atoms with van der Waals surface area (Å²) in [4.78, 5) is 22.9. The molecule has 1 radical (unpaired) electrons. The van der Waals surface area contributed by atoms with Crippen molar-refractivity contribution in [1.29, 1.82) is 0 Å². The van der Waals surface area contributed by atoms with Gasteiger partial charge in [0.25, 0.3) is 5.91 Å². The van der Waals surface area contributed by atoms with E-state index in [2.05, 4.69) is 0 Å². The van der Waals surface area contributed by atoms with Crippen molar-refractivity contribution in [2.75, 3.05) is 13.6 Å². The molecule has 4 heteroatoms. The Morgan fingerprint density at radius 3 is 2.50 bits per heavy atom. The van der Waals surface area contributed by atoms with Gasteiger partial charge in [0.1, 0.15) is 0 Å². The molecule has 73 valence electrons. The van der Waals surface area contributed by atoms with Crippen LogP contribution in [0.15, 0.2) is 24.3 Å². The summed E-state index contributed by atoms with van der Waals surface area (Å²) in [6, 6.07) is 6.50. The van der Waals surface area contributed by atoms with Gasteiger partial charge < -0.3 is 4.90 Å². The first-order chi connectivity index (χ1) is 6.65. The SMILES string of the molecule is CN(C[C]=O)C(=O)c1ccc(Cl)cc1. The Morgan fingerprint density at radius 2 is 2.00 bits per heavy atom. The molecule has 1 aromatic rings. The zero-order chi connectivity index (χ0) is 10.6. The van der Waals surface area contributed by atoms with Crippen LogP contribution in [0.1, 0.15) is 10.4 Å². The molecule has 0 aliphatic heterocycles. The number of benzene rings is 1. The highest BCUT2D eigenvalue weighted by molar-refractivity contribution is 6.30. The normalized spacial score (nSPS) is 9.57. The highest BCUT2D eigenvalue weighted by Gasteiger charge is 2.10. The van der Waals surface area contributed by atoms with Crippen LogP contribution < -0.4 is 0 Å². The lowest BCUT2D eigenvalue weighted by molar-refractivity contribution is 0.0814. The van der Waals surface area contributed by atoms with Gasteiger partial charge in [0, 0.05) is 17.6 Å². The van der Waals surface area contributed by atoms with E-state index in [1.165, 1.54) is 4.90 Å². The van der Waals surface area contributed by atoms with E-state index in [0.717, 1.165) is 0 Å². The fraction of sp³-hybridized carbons (Fsp3) is 0.200. The monoisotopic (exact) mass is 210 g/mol. The van der Waals surface area contributed by atoms with E-state index >= 15 is 0 Å². The van der Waals surface area contributed by atoms with Crippen LogP contribution in [0.5, 0.6) is 0 Å². The van der Waals surface area contributed by atoms with E-state index in [1.807, 2.05) is 0 Å². The summed E-state index contributed by atoms with van der Waals surface area (Å²) in [7, 11) is 1.54. The molecule has 14 heavy (non-hydrogen) atoms. The summed E-state index contributed by atoms with van der Waals surface area (Å²) in [5.74, 6) is -0.218. The van der Waals surface area contributed by atoms with Gasteiger partial charge in [-0.1, -0.05) is 11.6 Å². The fourth-order valence-corrected chi connectivity index (χ4v) is 1.11. The maximum absolute atomic E-state index is 11.5. The number of carbonyl (C=O) groups excluding carboxylic acids is 2. The molecule has 0 fully saturated rings. The highest BCUT2D eigenvalue weighted by atomic mass is 35.5. The van der Waals surface area contributed by atoms with Gasteiger partial charge in [-0.25, -0.2) is 0 Å². The van der Waals surface area contributed by atoms with Crippen molar-refractivity contribution in [3.8, 4) is 0 Å². The fourth-order valence-electron chi connectivity index (χ4n) is 0.981. The standard InChI is InChI=1S/C10H9ClNO2/c1-12(6-7-13)10(14)8-2-4-9(11)5-3-8/h2-5H,6H2,1H3. The van der Waals surface area contributed by atoms with Crippen molar-refractivity contribution in [3.63, 3.8) is 0 Å². The van der Waals surface area contributed by atoms with Gasteiger partial charge in [-0.2, -0.15) is 0 Å². The molecule has 0 atom stereocenters. The summed E-state index contributed by atoms with van der Waals surface area (Å²) < 4.78 is 0. The molecule has 0 aliphatic carbocycles. The van der Waals surface area contributed by atoms with Gasteiger partial charge in [0.2, 0.25) is 6.29 Å². The Hall–Kier alpha value is -1.35. The Morgan fingerprint density at radius 1 is 1.43 bits per heavy atom. The number of carbonyl (C=O) groups is 1.